The molecule has 2 rings (SSSR count). The van der Waals surface area contributed by atoms with Gasteiger partial charge in [0, 0.05) is 33.6 Å². The monoisotopic (exact) mass is 302 g/mol. The van der Waals surface area contributed by atoms with Gasteiger partial charge in [-0.05, 0) is 6.07 Å². The second-order valence-electron chi connectivity index (χ2n) is 4.44. The summed E-state index contributed by atoms with van der Waals surface area (Å²) in [6.45, 7) is 2.17. The van der Waals surface area contributed by atoms with Crippen LogP contribution in [-0.4, -0.2) is 29.1 Å². The summed E-state index contributed by atoms with van der Waals surface area (Å²) in [6.07, 6.45) is 0. The lowest BCUT2D eigenvalue weighted by atomic mass is 10.0. The molecular weight excluding hydrogens is 283 g/mol. The third-order valence-corrected chi connectivity index (χ3v) is 6.48. The molecule has 19 heavy (non-hydrogen) atoms. The van der Waals surface area contributed by atoms with E-state index in [1.807, 2.05) is 23.5 Å². The van der Waals surface area contributed by atoms with E-state index in [1.165, 1.54) is 13.2 Å². The standard InChI is InChI=1S/C13H19FN2OS2/c1-8-13(19-6-5-18-8)12(16-15)10-4-3-9(17-2)7-11(10)14/h3-4,7-8,12-13,16H,5-6,15H2,1-2H3. The van der Waals surface area contributed by atoms with E-state index < -0.39 is 0 Å². The van der Waals surface area contributed by atoms with Crippen molar-refractivity contribution in [2.24, 2.45) is 5.84 Å². The zero-order chi connectivity index (χ0) is 13.8. The van der Waals surface area contributed by atoms with Crippen molar-refractivity contribution in [3.63, 3.8) is 0 Å². The molecule has 3 N–H and O–H groups in total. The van der Waals surface area contributed by atoms with Crippen LogP contribution in [0.15, 0.2) is 18.2 Å². The summed E-state index contributed by atoms with van der Waals surface area (Å²) >= 11 is 3.77. The summed E-state index contributed by atoms with van der Waals surface area (Å²) in [5.74, 6) is 8.14. The molecular formula is C13H19FN2OS2. The number of nitrogens with one attached hydrogen (secondary N) is 1. The van der Waals surface area contributed by atoms with Gasteiger partial charge in [-0.15, -0.1) is 0 Å². The highest BCUT2D eigenvalue weighted by atomic mass is 32.2. The van der Waals surface area contributed by atoms with Gasteiger partial charge in [-0.2, -0.15) is 23.5 Å². The molecule has 106 valence electrons. The third kappa shape index (κ3) is 3.37. The van der Waals surface area contributed by atoms with Gasteiger partial charge >= 0.3 is 0 Å². The summed E-state index contributed by atoms with van der Waals surface area (Å²) in [5.41, 5.74) is 3.39. The Hall–Kier alpha value is -0.430. The Morgan fingerprint density at radius 2 is 2.16 bits per heavy atom. The Balaban J connectivity index is 2.25. The number of methoxy groups -OCH3 is 1. The van der Waals surface area contributed by atoms with Crippen molar-refractivity contribution in [3.05, 3.63) is 29.6 Å². The molecule has 1 aromatic carbocycles. The van der Waals surface area contributed by atoms with E-state index in [9.17, 15) is 4.39 Å². The van der Waals surface area contributed by atoms with E-state index in [2.05, 4.69) is 12.3 Å². The number of hydrogen-bond acceptors (Lipinski definition) is 5. The minimum atomic E-state index is -0.273. The zero-order valence-electron chi connectivity index (χ0n) is 11.1. The smallest absolute Gasteiger partial charge is 0.131 e. The molecule has 0 aliphatic carbocycles. The summed E-state index contributed by atoms with van der Waals surface area (Å²) in [7, 11) is 1.53. The van der Waals surface area contributed by atoms with Gasteiger partial charge in [0.15, 0.2) is 0 Å². The van der Waals surface area contributed by atoms with E-state index in [1.54, 1.807) is 12.1 Å². The zero-order valence-corrected chi connectivity index (χ0v) is 12.7. The highest BCUT2D eigenvalue weighted by Crippen LogP contribution is 2.39. The molecule has 0 spiro atoms. The van der Waals surface area contributed by atoms with Crippen LogP contribution in [0.25, 0.3) is 0 Å². The number of ether oxygens (including phenoxy) is 1. The van der Waals surface area contributed by atoms with Crippen LogP contribution in [0, 0.1) is 5.82 Å². The molecule has 0 aromatic heterocycles. The van der Waals surface area contributed by atoms with Crippen LogP contribution >= 0.6 is 23.5 Å². The van der Waals surface area contributed by atoms with Gasteiger partial charge in [0.05, 0.1) is 13.2 Å². The van der Waals surface area contributed by atoms with Crippen LogP contribution in [-0.2, 0) is 0 Å². The van der Waals surface area contributed by atoms with Gasteiger partial charge < -0.3 is 4.74 Å². The van der Waals surface area contributed by atoms with Crippen LogP contribution in [0.1, 0.15) is 18.5 Å². The second kappa shape index (κ2) is 6.83. The predicted molar refractivity (Wildman–Crippen MR) is 81.2 cm³/mol. The molecule has 3 nitrogen and oxygen atoms in total. The molecule has 1 fully saturated rings. The number of rotatable bonds is 4. The molecule has 1 aromatic rings. The predicted octanol–water partition coefficient (Wildman–Crippen LogP) is 2.58. The Morgan fingerprint density at radius 1 is 1.42 bits per heavy atom. The molecule has 0 radical (unpaired) electrons. The minimum absolute atomic E-state index is 0.182. The number of benzene rings is 1. The Morgan fingerprint density at radius 3 is 2.74 bits per heavy atom. The van der Waals surface area contributed by atoms with E-state index in [0.29, 0.717) is 16.6 Å². The molecule has 1 aliphatic heterocycles. The molecule has 3 atom stereocenters. The number of hydrazine groups is 1. The quantitative estimate of drug-likeness (QED) is 0.661. The molecule has 1 saturated heterocycles. The summed E-state index contributed by atoms with van der Waals surface area (Å²) in [6, 6.07) is 4.75. The summed E-state index contributed by atoms with van der Waals surface area (Å²) in [5, 5.41) is 0.716. The minimum Gasteiger partial charge on any atom is -0.497 e. The average Bonchev–Trinajstić information content (AvgIpc) is 2.43. The third-order valence-electron chi connectivity index (χ3n) is 3.29. The molecule has 3 unspecified atom stereocenters. The van der Waals surface area contributed by atoms with Crippen molar-refractivity contribution in [1.82, 2.24) is 5.43 Å². The number of nitrogens with two attached hydrogens (primary N) is 1. The van der Waals surface area contributed by atoms with E-state index >= 15 is 0 Å². The van der Waals surface area contributed by atoms with Crippen molar-refractivity contribution in [2.75, 3.05) is 18.6 Å². The highest BCUT2D eigenvalue weighted by Gasteiger charge is 2.32. The van der Waals surface area contributed by atoms with Gasteiger partial charge in [-0.1, -0.05) is 13.0 Å². The van der Waals surface area contributed by atoms with Crippen molar-refractivity contribution >= 4 is 23.5 Å². The first-order valence-corrected chi connectivity index (χ1v) is 8.30. The molecule has 0 amide bonds. The largest absolute Gasteiger partial charge is 0.497 e. The van der Waals surface area contributed by atoms with Crippen molar-refractivity contribution in [3.8, 4) is 5.75 Å². The lowest BCUT2D eigenvalue weighted by Crippen LogP contribution is -2.41. The van der Waals surface area contributed by atoms with Gasteiger partial charge in [-0.3, -0.25) is 11.3 Å². The molecule has 6 heteroatoms. The fraction of sp³-hybridized carbons (Fsp3) is 0.538. The van der Waals surface area contributed by atoms with Crippen LogP contribution in [0.3, 0.4) is 0 Å². The fourth-order valence-corrected chi connectivity index (χ4v) is 5.19. The van der Waals surface area contributed by atoms with E-state index in [4.69, 9.17) is 10.6 Å². The van der Waals surface area contributed by atoms with Crippen LogP contribution < -0.4 is 16.0 Å². The maximum atomic E-state index is 14.2. The first-order valence-electron chi connectivity index (χ1n) is 6.20. The van der Waals surface area contributed by atoms with Crippen LogP contribution in [0.5, 0.6) is 5.75 Å². The fourth-order valence-electron chi connectivity index (χ4n) is 2.26. The SMILES string of the molecule is COc1ccc(C(NN)C2SCCSC2C)c(F)c1. The summed E-state index contributed by atoms with van der Waals surface area (Å²) in [4.78, 5) is 0. The molecule has 0 bridgehead atoms. The number of hydrogen-bond donors (Lipinski definition) is 2. The maximum Gasteiger partial charge on any atom is 0.131 e. The summed E-state index contributed by atoms with van der Waals surface area (Å²) < 4.78 is 19.2. The normalized spacial score (nSPS) is 25.1. The van der Waals surface area contributed by atoms with E-state index in [-0.39, 0.29) is 17.1 Å². The first kappa shape index (κ1) is 15.0. The van der Waals surface area contributed by atoms with Crippen LogP contribution in [0.2, 0.25) is 0 Å². The first-order chi connectivity index (χ1) is 9.17. The Bertz CT molecular complexity index is 433. The molecule has 1 heterocycles. The second-order valence-corrected chi connectivity index (χ2v) is 7.21. The Labute approximate surface area is 121 Å². The van der Waals surface area contributed by atoms with Crippen LogP contribution in [0.4, 0.5) is 4.39 Å². The van der Waals surface area contributed by atoms with Crippen molar-refractivity contribution in [1.29, 1.82) is 0 Å². The van der Waals surface area contributed by atoms with Gasteiger partial charge in [0.1, 0.15) is 11.6 Å². The Kier molecular flexibility index (Phi) is 5.38. The van der Waals surface area contributed by atoms with Crippen molar-refractivity contribution < 1.29 is 9.13 Å². The van der Waals surface area contributed by atoms with Crippen molar-refractivity contribution in [2.45, 2.75) is 23.5 Å². The molecule has 1 aliphatic rings. The topological polar surface area (TPSA) is 47.3 Å². The van der Waals surface area contributed by atoms with E-state index in [0.717, 1.165) is 11.5 Å². The van der Waals surface area contributed by atoms with Gasteiger partial charge in [0.2, 0.25) is 0 Å². The van der Waals surface area contributed by atoms with Gasteiger partial charge in [0.25, 0.3) is 0 Å². The number of halogens is 1. The lowest BCUT2D eigenvalue weighted by molar-refractivity contribution is 0.408. The van der Waals surface area contributed by atoms with Gasteiger partial charge in [-0.25, -0.2) is 4.39 Å². The average molecular weight is 302 g/mol. The highest BCUT2D eigenvalue weighted by molar-refractivity contribution is 8.07. The molecule has 0 saturated carbocycles. The maximum absolute atomic E-state index is 14.2. The lowest BCUT2D eigenvalue weighted by Gasteiger charge is -2.34. The number of thioether (sulfide) groups is 2.